The zero-order valence-electron chi connectivity index (χ0n) is 12.4. The van der Waals surface area contributed by atoms with Crippen LogP contribution in [0.3, 0.4) is 0 Å². The third kappa shape index (κ3) is 5.99. The van der Waals surface area contributed by atoms with E-state index >= 15 is 0 Å². The van der Waals surface area contributed by atoms with E-state index in [1.165, 1.54) is 12.4 Å². The van der Waals surface area contributed by atoms with E-state index in [0.29, 0.717) is 12.2 Å². The van der Waals surface area contributed by atoms with Crippen molar-refractivity contribution in [2.75, 3.05) is 6.61 Å². The summed E-state index contributed by atoms with van der Waals surface area (Å²) in [6.45, 7) is 5.72. The van der Waals surface area contributed by atoms with E-state index in [1.807, 2.05) is 13.8 Å². The standard InChI is InChI=1S/C14H20N2O3/c1-10(2)9-19-14(18)11(3)16-13(17)8-12-4-6-15-7-5-12/h4-7,10-11H,8-9H2,1-3H3,(H,16,17)/t11-/m0/s1/i8D/t8?,11-. The van der Waals surface area contributed by atoms with Crippen LogP contribution in [0.2, 0.25) is 0 Å². The number of nitrogens with zero attached hydrogens (tertiary/aromatic N) is 1. The first kappa shape index (κ1) is 13.5. The summed E-state index contributed by atoms with van der Waals surface area (Å²) < 4.78 is 12.9. The predicted molar refractivity (Wildman–Crippen MR) is 71.3 cm³/mol. The second-order valence-corrected chi connectivity index (χ2v) is 4.68. The summed E-state index contributed by atoms with van der Waals surface area (Å²) in [5.41, 5.74) is 0.528. The largest absolute Gasteiger partial charge is 0.464 e. The number of pyridine rings is 1. The molecule has 0 radical (unpaired) electrons. The smallest absolute Gasteiger partial charge is 0.328 e. The van der Waals surface area contributed by atoms with Gasteiger partial charge in [-0.3, -0.25) is 9.78 Å². The summed E-state index contributed by atoms with van der Waals surface area (Å²) in [6.07, 6.45) is 1.95. The molecule has 0 spiro atoms. The lowest BCUT2D eigenvalue weighted by atomic mass is 10.2. The molecule has 104 valence electrons. The molecule has 1 unspecified atom stereocenters. The minimum absolute atomic E-state index is 0.239. The van der Waals surface area contributed by atoms with Crippen LogP contribution in [-0.4, -0.2) is 29.5 Å². The fourth-order valence-corrected chi connectivity index (χ4v) is 1.30. The number of aromatic nitrogens is 1. The van der Waals surface area contributed by atoms with E-state index in [1.54, 1.807) is 19.1 Å². The second kappa shape index (κ2) is 7.51. The molecule has 0 saturated carbocycles. The number of carbonyl (C=O) groups is 2. The number of rotatable bonds is 6. The van der Waals surface area contributed by atoms with Crippen LogP contribution >= 0.6 is 0 Å². The molecule has 0 saturated heterocycles. The molecule has 1 rings (SSSR count). The number of amides is 1. The van der Waals surface area contributed by atoms with Gasteiger partial charge in [-0.05, 0) is 30.5 Å². The van der Waals surface area contributed by atoms with Gasteiger partial charge < -0.3 is 10.1 Å². The van der Waals surface area contributed by atoms with Crippen molar-refractivity contribution < 1.29 is 15.7 Å². The van der Waals surface area contributed by atoms with Crippen LogP contribution in [0, 0.1) is 5.92 Å². The van der Waals surface area contributed by atoms with E-state index in [-0.39, 0.29) is 5.92 Å². The summed E-state index contributed by atoms with van der Waals surface area (Å²) in [5.74, 6) is -0.790. The Kier molecular flexibility index (Phi) is 5.34. The van der Waals surface area contributed by atoms with Crippen LogP contribution in [0.4, 0.5) is 0 Å². The summed E-state index contributed by atoms with van der Waals surface area (Å²) in [5, 5.41) is 2.48. The number of hydrogen-bond donors (Lipinski definition) is 1. The van der Waals surface area contributed by atoms with Crippen molar-refractivity contribution in [3.05, 3.63) is 30.1 Å². The second-order valence-electron chi connectivity index (χ2n) is 4.68. The number of carbonyl (C=O) groups excluding carboxylic acids is 2. The Morgan fingerprint density at radius 2 is 2.00 bits per heavy atom. The van der Waals surface area contributed by atoms with Gasteiger partial charge in [0.1, 0.15) is 6.04 Å². The van der Waals surface area contributed by atoms with Gasteiger partial charge in [0.2, 0.25) is 5.91 Å². The first-order chi connectivity index (χ1) is 9.41. The molecule has 1 aromatic heterocycles. The maximum Gasteiger partial charge on any atom is 0.328 e. The van der Waals surface area contributed by atoms with Crippen molar-refractivity contribution >= 4 is 11.9 Å². The van der Waals surface area contributed by atoms with Gasteiger partial charge >= 0.3 is 5.97 Å². The van der Waals surface area contributed by atoms with Gasteiger partial charge in [0.25, 0.3) is 0 Å². The lowest BCUT2D eigenvalue weighted by Crippen LogP contribution is -2.40. The molecule has 0 aliphatic heterocycles. The number of hydrogen-bond acceptors (Lipinski definition) is 4. The van der Waals surface area contributed by atoms with Crippen molar-refractivity contribution in [1.29, 1.82) is 0 Å². The molecule has 0 bridgehead atoms. The molecule has 0 fully saturated rings. The van der Waals surface area contributed by atoms with Crippen LogP contribution in [0.1, 0.15) is 27.7 Å². The minimum Gasteiger partial charge on any atom is -0.464 e. The molecule has 1 aromatic rings. The van der Waals surface area contributed by atoms with Gasteiger partial charge in [0.15, 0.2) is 0 Å². The minimum atomic E-state index is -1.08. The van der Waals surface area contributed by atoms with Crippen molar-refractivity contribution in [1.82, 2.24) is 10.3 Å². The van der Waals surface area contributed by atoms with Crippen LogP contribution < -0.4 is 5.32 Å². The van der Waals surface area contributed by atoms with E-state index < -0.39 is 24.3 Å². The number of nitrogens with one attached hydrogen (secondary N) is 1. The van der Waals surface area contributed by atoms with Gasteiger partial charge in [-0.25, -0.2) is 4.79 Å². The topological polar surface area (TPSA) is 68.3 Å². The van der Waals surface area contributed by atoms with Crippen LogP contribution in [0.15, 0.2) is 24.5 Å². The highest BCUT2D eigenvalue weighted by atomic mass is 16.5. The molecule has 2 atom stereocenters. The van der Waals surface area contributed by atoms with Gasteiger partial charge in [-0.1, -0.05) is 13.8 Å². The SMILES string of the molecule is [2H]C(C(=O)N[C@@H](C)C(=O)OCC(C)C)c1ccncc1. The average Bonchev–Trinajstić information content (AvgIpc) is 2.44. The number of esters is 1. The highest BCUT2D eigenvalue weighted by molar-refractivity contribution is 5.85. The molecule has 1 amide bonds. The first-order valence-electron chi connectivity index (χ1n) is 6.78. The summed E-state index contributed by atoms with van der Waals surface area (Å²) >= 11 is 0. The summed E-state index contributed by atoms with van der Waals surface area (Å²) in [7, 11) is 0. The average molecular weight is 265 g/mol. The molecule has 0 aliphatic carbocycles. The Morgan fingerprint density at radius 1 is 1.37 bits per heavy atom. The maximum absolute atomic E-state index is 11.9. The Morgan fingerprint density at radius 3 is 2.58 bits per heavy atom. The van der Waals surface area contributed by atoms with Crippen molar-refractivity contribution in [3.63, 3.8) is 0 Å². The Hall–Kier alpha value is -1.91. The highest BCUT2D eigenvalue weighted by Crippen LogP contribution is 1.99. The van der Waals surface area contributed by atoms with Crippen molar-refractivity contribution in [2.45, 2.75) is 33.2 Å². The van der Waals surface area contributed by atoms with Crippen LogP contribution in [0.5, 0.6) is 0 Å². The Bertz CT molecular complexity index is 451. The molecule has 5 nitrogen and oxygen atoms in total. The highest BCUT2D eigenvalue weighted by Gasteiger charge is 2.17. The normalized spacial score (nSPS) is 14.4. The van der Waals surface area contributed by atoms with Crippen molar-refractivity contribution in [2.24, 2.45) is 5.92 Å². The zero-order valence-corrected chi connectivity index (χ0v) is 11.4. The molecule has 19 heavy (non-hydrogen) atoms. The fourth-order valence-electron chi connectivity index (χ4n) is 1.30. The van der Waals surface area contributed by atoms with E-state index in [9.17, 15) is 9.59 Å². The van der Waals surface area contributed by atoms with Crippen LogP contribution in [0.25, 0.3) is 0 Å². The monoisotopic (exact) mass is 265 g/mol. The van der Waals surface area contributed by atoms with Crippen molar-refractivity contribution in [3.8, 4) is 0 Å². The molecule has 1 N–H and O–H groups in total. The Balaban J connectivity index is 2.51. The van der Waals surface area contributed by atoms with Gasteiger partial charge in [0, 0.05) is 13.8 Å². The van der Waals surface area contributed by atoms with E-state index in [2.05, 4.69) is 10.3 Å². The zero-order chi connectivity index (χ0) is 15.1. The first-order valence-corrected chi connectivity index (χ1v) is 6.21. The molecular weight excluding hydrogens is 244 g/mol. The maximum atomic E-state index is 11.9. The molecular formula is C14H20N2O3. The lowest BCUT2D eigenvalue weighted by Gasteiger charge is -2.14. The third-order valence-corrected chi connectivity index (χ3v) is 2.28. The number of ether oxygens (including phenoxy) is 1. The molecule has 1 heterocycles. The summed E-state index contributed by atoms with van der Waals surface area (Å²) in [6, 6.07) is 2.42. The molecule has 5 heteroatoms. The van der Waals surface area contributed by atoms with E-state index in [0.717, 1.165) is 0 Å². The van der Waals surface area contributed by atoms with Gasteiger partial charge in [-0.2, -0.15) is 0 Å². The van der Waals surface area contributed by atoms with E-state index in [4.69, 9.17) is 6.11 Å². The van der Waals surface area contributed by atoms with Gasteiger partial charge in [-0.15, -0.1) is 0 Å². The quantitative estimate of drug-likeness (QED) is 0.788. The predicted octanol–water partition coefficient (Wildman–Crippen LogP) is 1.33. The molecule has 0 aliphatic rings. The molecule has 0 aromatic carbocycles. The lowest BCUT2D eigenvalue weighted by molar-refractivity contribution is -0.148. The third-order valence-electron chi connectivity index (χ3n) is 2.28. The fraction of sp³-hybridized carbons (Fsp3) is 0.500. The summed E-state index contributed by atoms with van der Waals surface area (Å²) in [4.78, 5) is 27.3. The van der Waals surface area contributed by atoms with Crippen LogP contribution in [-0.2, 0) is 20.7 Å². The van der Waals surface area contributed by atoms with Gasteiger partial charge in [0.05, 0.1) is 13.0 Å². The Labute approximate surface area is 114 Å².